The van der Waals surface area contributed by atoms with Gasteiger partial charge in [-0.2, -0.15) is 5.10 Å². The number of nitrogens with one attached hydrogen (secondary N) is 1. The smallest absolute Gasteiger partial charge is 0.0539 e. The van der Waals surface area contributed by atoms with E-state index in [0.717, 1.165) is 18.1 Å². The number of hydrogen-bond acceptors (Lipinski definition) is 3. The summed E-state index contributed by atoms with van der Waals surface area (Å²) in [5.74, 6) is 0. The lowest BCUT2D eigenvalue weighted by atomic mass is 10.1. The van der Waals surface area contributed by atoms with Crippen LogP contribution in [0, 0.1) is 0 Å². The van der Waals surface area contributed by atoms with E-state index in [1.54, 1.807) is 0 Å². The Morgan fingerprint density at radius 1 is 1.43 bits per heavy atom. The highest BCUT2D eigenvalue weighted by Gasteiger charge is 2.21. The van der Waals surface area contributed by atoms with E-state index in [9.17, 15) is 0 Å². The summed E-state index contributed by atoms with van der Waals surface area (Å²) in [6, 6.07) is 6.81. The Labute approximate surface area is 130 Å². The van der Waals surface area contributed by atoms with E-state index < -0.39 is 0 Å². The van der Waals surface area contributed by atoms with Gasteiger partial charge in [0.1, 0.15) is 0 Å². The molecule has 3 rings (SSSR count). The number of rotatable bonds is 6. The minimum Gasteiger partial charge on any atom is -0.370 e. The average Bonchev–Trinajstić information content (AvgIpc) is 3.19. The first-order valence-electron chi connectivity index (χ1n) is 7.32. The quantitative estimate of drug-likeness (QED) is 0.891. The molecule has 1 aliphatic rings. The molecular formula is C16H21ClN4. The number of benzene rings is 1. The SMILES string of the molecule is CN(Cc1cnn(C)c1)c1ccc(Cl)cc1CNC1CC1. The normalized spacial score (nSPS) is 14.4. The van der Waals surface area contributed by atoms with Crippen LogP contribution < -0.4 is 10.2 Å². The average molecular weight is 305 g/mol. The topological polar surface area (TPSA) is 33.1 Å². The van der Waals surface area contributed by atoms with Gasteiger partial charge in [0, 0.05) is 55.7 Å². The summed E-state index contributed by atoms with van der Waals surface area (Å²) in [6.07, 6.45) is 6.55. The van der Waals surface area contributed by atoms with Gasteiger partial charge in [-0.15, -0.1) is 0 Å². The van der Waals surface area contributed by atoms with Crippen molar-refractivity contribution in [1.29, 1.82) is 0 Å². The summed E-state index contributed by atoms with van der Waals surface area (Å²) in [7, 11) is 4.05. The zero-order chi connectivity index (χ0) is 14.8. The Morgan fingerprint density at radius 3 is 2.90 bits per heavy atom. The van der Waals surface area contributed by atoms with Crippen LogP contribution in [0.2, 0.25) is 5.02 Å². The van der Waals surface area contributed by atoms with Gasteiger partial charge in [-0.1, -0.05) is 11.6 Å². The Hall–Kier alpha value is -1.52. The molecule has 1 aliphatic carbocycles. The molecule has 1 aromatic heterocycles. The van der Waals surface area contributed by atoms with Crippen molar-refractivity contribution in [3.8, 4) is 0 Å². The summed E-state index contributed by atoms with van der Waals surface area (Å²) in [6.45, 7) is 1.71. The number of hydrogen-bond donors (Lipinski definition) is 1. The second kappa shape index (κ2) is 6.08. The molecule has 5 heteroatoms. The molecule has 1 N–H and O–H groups in total. The Bertz CT molecular complexity index is 618. The van der Waals surface area contributed by atoms with Gasteiger partial charge in [0.25, 0.3) is 0 Å². The second-order valence-electron chi connectivity index (χ2n) is 5.81. The molecule has 21 heavy (non-hydrogen) atoms. The molecule has 1 aromatic carbocycles. The van der Waals surface area contributed by atoms with Crippen LogP contribution in [0.4, 0.5) is 5.69 Å². The minimum atomic E-state index is 0.695. The highest BCUT2D eigenvalue weighted by molar-refractivity contribution is 6.30. The molecule has 0 atom stereocenters. The summed E-state index contributed by atoms with van der Waals surface area (Å²) in [5.41, 5.74) is 3.67. The number of aromatic nitrogens is 2. The first kappa shape index (κ1) is 14.4. The molecule has 0 aliphatic heterocycles. The molecule has 1 heterocycles. The fourth-order valence-electron chi connectivity index (χ4n) is 2.52. The van der Waals surface area contributed by atoms with Gasteiger partial charge < -0.3 is 10.2 Å². The number of nitrogens with zero attached hydrogens (tertiary/aromatic N) is 3. The summed E-state index contributed by atoms with van der Waals surface area (Å²) >= 11 is 6.16. The van der Waals surface area contributed by atoms with E-state index in [-0.39, 0.29) is 0 Å². The third-order valence-electron chi connectivity index (χ3n) is 3.79. The van der Waals surface area contributed by atoms with Crippen molar-refractivity contribution < 1.29 is 0 Å². The molecule has 1 fully saturated rings. The maximum absolute atomic E-state index is 6.16. The number of halogens is 1. The van der Waals surface area contributed by atoms with E-state index in [0.29, 0.717) is 6.04 Å². The lowest BCUT2D eigenvalue weighted by Gasteiger charge is -2.22. The lowest BCUT2D eigenvalue weighted by Crippen LogP contribution is -2.21. The third-order valence-corrected chi connectivity index (χ3v) is 4.02. The molecule has 0 spiro atoms. The van der Waals surface area contributed by atoms with Crippen molar-refractivity contribution in [2.75, 3.05) is 11.9 Å². The minimum absolute atomic E-state index is 0.695. The maximum Gasteiger partial charge on any atom is 0.0539 e. The Kier molecular flexibility index (Phi) is 4.17. The summed E-state index contributed by atoms with van der Waals surface area (Å²) in [5, 5.41) is 8.58. The van der Waals surface area contributed by atoms with Crippen molar-refractivity contribution in [3.05, 3.63) is 46.7 Å². The predicted molar refractivity (Wildman–Crippen MR) is 86.6 cm³/mol. The molecule has 0 amide bonds. The number of aryl methyl sites for hydroxylation is 1. The van der Waals surface area contributed by atoms with E-state index in [4.69, 9.17) is 11.6 Å². The zero-order valence-electron chi connectivity index (χ0n) is 12.5. The van der Waals surface area contributed by atoms with Gasteiger partial charge >= 0.3 is 0 Å². The molecule has 0 bridgehead atoms. The van der Waals surface area contributed by atoms with Crippen LogP contribution in [-0.4, -0.2) is 22.9 Å². The third kappa shape index (κ3) is 3.77. The van der Waals surface area contributed by atoms with E-state index >= 15 is 0 Å². The fraction of sp³-hybridized carbons (Fsp3) is 0.438. The lowest BCUT2D eigenvalue weighted by molar-refractivity contribution is 0.685. The van der Waals surface area contributed by atoms with Crippen LogP contribution in [0.25, 0.3) is 0 Å². The van der Waals surface area contributed by atoms with Crippen LogP contribution in [0.15, 0.2) is 30.6 Å². The monoisotopic (exact) mass is 304 g/mol. The van der Waals surface area contributed by atoms with Crippen molar-refractivity contribution in [3.63, 3.8) is 0 Å². The Balaban J connectivity index is 1.75. The van der Waals surface area contributed by atoms with Crippen LogP contribution in [0.3, 0.4) is 0 Å². The molecule has 0 unspecified atom stereocenters. The van der Waals surface area contributed by atoms with Gasteiger partial charge in [0.05, 0.1) is 6.20 Å². The van der Waals surface area contributed by atoms with Gasteiger partial charge in [0.2, 0.25) is 0 Å². The summed E-state index contributed by atoms with van der Waals surface area (Å²) in [4.78, 5) is 2.25. The molecule has 0 saturated heterocycles. The van der Waals surface area contributed by atoms with Crippen LogP contribution in [0.1, 0.15) is 24.0 Å². The molecule has 1 saturated carbocycles. The van der Waals surface area contributed by atoms with Gasteiger partial charge in [-0.3, -0.25) is 4.68 Å². The van der Waals surface area contributed by atoms with Crippen molar-refractivity contribution in [1.82, 2.24) is 15.1 Å². The first-order valence-corrected chi connectivity index (χ1v) is 7.70. The van der Waals surface area contributed by atoms with E-state index in [1.165, 1.54) is 29.7 Å². The predicted octanol–water partition coefficient (Wildman–Crippen LogP) is 2.96. The molecule has 0 radical (unpaired) electrons. The highest BCUT2D eigenvalue weighted by atomic mass is 35.5. The van der Waals surface area contributed by atoms with E-state index in [2.05, 4.69) is 40.7 Å². The molecule has 2 aromatic rings. The van der Waals surface area contributed by atoms with Crippen molar-refractivity contribution in [2.24, 2.45) is 7.05 Å². The van der Waals surface area contributed by atoms with Gasteiger partial charge in [0.15, 0.2) is 0 Å². The molecule has 4 nitrogen and oxygen atoms in total. The first-order chi connectivity index (χ1) is 10.1. The van der Waals surface area contributed by atoms with Crippen LogP contribution in [-0.2, 0) is 20.1 Å². The second-order valence-corrected chi connectivity index (χ2v) is 6.24. The molecular weight excluding hydrogens is 284 g/mol. The highest BCUT2D eigenvalue weighted by Crippen LogP contribution is 2.26. The van der Waals surface area contributed by atoms with Gasteiger partial charge in [-0.25, -0.2) is 0 Å². The van der Waals surface area contributed by atoms with Crippen LogP contribution in [0.5, 0.6) is 0 Å². The van der Waals surface area contributed by atoms with Crippen LogP contribution >= 0.6 is 11.6 Å². The largest absolute Gasteiger partial charge is 0.370 e. The van der Waals surface area contributed by atoms with Crippen molar-refractivity contribution >= 4 is 17.3 Å². The number of anilines is 1. The molecule has 112 valence electrons. The van der Waals surface area contributed by atoms with E-state index in [1.807, 2.05) is 24.0 Å². The Morgan fingerprint density at radius 2 is 2.24 bits per heavy atom. The fourth-order valence-corrected chi connectivity index (χ4v) is 2.72. The standard InChI is InChI=1S/C16H21ClN4/c1-20(10-12-8-19-21(2)11-12)16-6-3-14(17)7-13(16)9-18-15-4-5-15/h3,6-8,11,15,18H,4-5,9-10H2,1-2H3. The maximum atomic E-state index is 6.16. The van der Waals surface area contributed by atoms with Gasteiger partial charge in [-0.05, 0) is 36.6 Å². The summed E-state index contributed by atoms with van der Waals surface area (Å²) < 4.78 is 1.83. The zero-order valence-corrected chi connectivity index (χ0v) is 13.3. The van der Waals surface area contributed by atoms with Crippen molar-refractivity contribution in [2.45, 2.75) is 32.0 Å².